The van der Waals surface area contributed by atoms with Crippen LogP contribution in [0.15, 0.2) is 18.2 Å². The third kappa shape index (κ3) is 4.18. The summed E-state index contributed by atoms with van der Waals surface area (Å²) in [5.41, 5.74) is -0.957. The molecule has 0 atom stereocenters. The highest BCUT2D eigenvalue weighted by atomic mass is 19.4. The number of carbonyl (C=O) groups excluding carboxylic acids is 2. The number of carbonyl (C=O) groups is 2. The molecule has 1 aromatic heterocycles. The number of esters is 1. The minimum absolute atomic E-state index is 0.336. The Balaban J connectivity index is 1.92. The summed E-state index contributed by atoms with van der Waals surface area (Å²) in [7, 11) is 0. The summed E-state index contributed by atoms with van der Waals surface area (Å²) < 4.78 is 55.6. The molecule has 1 aliphatic rings. The van der Waals surface area contributed by atoms with Crippen molar-refractivity contribution in [3.05, 3.63) is 29.8 Å². The van der Waals surface area contributed by atoms with Crippen molar-refractivity contribution in [2.45, 2.75) is 25.6 Å². The molecule has 156 valence electrons. The maximum atomic E-state index is 14.0. The number of ether oxygens (including phenoxy) is 1. The second-order valence-corrected chi connectivity index (χ2v) is 6.82. The average Bonchev–Trinajstić information content (AvgIpc) is 3.11. The van der Waals surface area contributed by atoms with Gasteiger partial charge in [0.25, 0.3) is 11.7 Å². The lowest BCUT2D eigenvalue weighted by atomic mass is 10.00. The summed E-state index contributed by atoms with van der Waals surface area (Å²) in [6.07, 6.45) is -5.33. The van der Waals surface area contributed by atoms with Gasteiger partial charge >= 0.3 is 12.1 Å². The van der Waals surface area contributed by atoms with Crippen LogP contribution in [-0.4, -0.2) is 68.3 Å². The molecule has 1 aromatic carbocycles. The van der Waals surface area contributed by atoms with E-state index in [4.69, 9.17) is 0 Å². The van der Waals surface area contributed by atoms with Crippen molar-refractivity contribution < 1.29 is 31.9 Å². The number of aromatic nitrogens is 4. The van der Waals surface area contributed by atoms with E-state index in [2.05, 4.69) is 25.5 Å². The molecule has 29 heavy (non-hydrogen) atoms. The molecule has 1 amide bonds. The van der Waals surface area contributed by atoms with Gasteiger partial charge in [0.2, 0.25) is 0 Å². The fraction of sp³-hybridized carbons (Fsp3) is 0.438. The predicted octanol–water partition coefficient (Wildman–Crippen LogP) is 1.09. The van der Waals surface area contributed by atoms with E-state index < -0.39 is 40.8 Å². The van der Waals surface area contributed by atoms with Crippen LogP contribution in [0.3, 0.4) is 0 Å². The number of nitrogens with one attached hydrogen (secondary N) is 1. The van der Waals surface area contributed by atoms with Crippen molar-refractivity contribution in [2.24, 2.45) is 0 Å². The van der Waals surface area contributed by atoms with Crippen molar-refractivity contribution in [1.82, 2.24) is 30.4 Å². The van der Waals surface area contributed by atoms with E-state index in [0.717, 1.165) is 18.2 Å². The maximum Gasteiger partial charge on any atom is 0.491 e. The van der Waals surface area contributed by atoms with E-state index in [1.54, 1.807) is 0 Å². The lowest BCUT2D eigenvalue weighted by Crippen LogP contribution is -2.60. The van der Waals surface area contributed by atoms with Gasteiger partial charge in [-0.1, -0.05) is 6.07 Å². The minimum Gasteiger partial charge on any atom is -0.414 e. The number of rotatable bonds is 3. The highest BCUT2D eigenvalue weighted by Crippen LogP contribution is 2.28. The molecule has 3 rings (SSSR count). The van der Waals surface area contributed by atoms with Crippen LogP contribution in [0.5, 0.6) is 5.75 Å². The van der Waals surface area contributed by atoms with Gasteiger partial charge in [0.05, 0.1) is 5.54 Å². The number of hydrogen-bond acceptors (Lipinski definition) is 7. The zero-order valence-electron chi connectivity index (χ0n) is 15.3. The van der Waals surface area contributed by atoms with Crippen LogP contribution in [0.4, 0.5) is 17.6 Å². The summed E-state index contributed by atoms with van der Waals surface area (Å²) >= 11 is 0. The smallest absolute Gasteiger partial charge is 0.414 e. The Morgan fingerprint density at radius 1 is 1.28 bits per heavy atom. The zero-order valence-corrected chi connectivity index (χ0v) is 15.3. The third-order valence-corrected chi connectivity index (χ3v) is 4.24. The Kier molecular flexibility index (Phi) is 5.26. The number of piperazine rings is 1. The summed E-state index contributed by atoms with van der Waals surface area (Å²) in [5, 5.41) is 14.2. The summed E-state index contributed by atoms with van der Waals surface area (Å²) in [5.74, 6) is -5.77. The van der Waals surface area contributed by atoms with Crippen LogP contribution in [0, 0.1) is 5.82 Å². The molecule has 0 spiro atoms. The molecule has 0 unspecified atom stereocenters. The standard InChI is InChI=1S/C16H16F4N6O3/c1-15(2)8-21-6-7-25(15)13(27)12-22-24-26(23-12)10-5-3-4-9(17)11(10)29-14(28)16(18,19)20/h3-5,21H,6-8H2,1-2H3. The van der Waals surface area contributed by atoms with Gasteiger partial charge in [0.1, 0.15) is 5.69 Å². The Bertz CT molecular complexity index is 943. The topological polar surface area (TPSA) is 102 Å². The first kappa shape index (κ1) is 20.6. The molecular weight excluding hydrogens is 400 g/mol. The SMILES string of the molecule is CC1(C)CNCCN1C(=O)c1nnn(-c2cccc(F)c2OC(=O)C(F)(F)F)n1. The van der Waals surface area contributed by atoms with Crippen molar-refractivity contribution in [1.29, 1.82) is 0 Å². The van der Waals surface area contributed by atoms with Crippen molar-refractivity contribution in [3.8, 4) is 11.4 Å². The van der Waals surface area contributed by atoms with Gasteiger partial charge in [-0.25, -0.2) is 9.18 Å². The monoisotopic (exact) mass is 416 g/mol. The van der Waals surface area contributed by atoms with Gasteiger partial charge in [-0.3, -0.25) is 4.79 Å². The molecule has 9 nitrogen and oxygen atoms in total. The predicted molar refractivity (Wildman–Crippen MR) is 88.8 cm³/mol. The summed E-state index contributed by atoms with van der Waals surface area (Å²) in [6, 6.07) is 3.07. The molecule has 2 heterocycles. The molecule has 2 aromatic rings. The highest BCUT2D eigenvalue weighted by molar-refractivity contribution is 5.91. The largest absolute Gasteiger partial charge is 0.491 e. The quantitative estimate of drug-likeness (QED) is 0.454. The zero-order chi connectivity index (χ0) is 21.4. The molecule has 0 saturated carbocycles. The number of halogens is 4. The Labute approximate surface area is 161 Å². The van der Waals surface area contributed by atoms with Crippen LogP contribution >= 0.6 is 0 Å². The third-order valence-electron chi connectivity index (χ3n) is 4.24. The lowest BCUT2D eigenvalue weighted by molar-refractivity contribution is -0.189. The first-order valence-corrected chi connectivity index (χ1v) is 8.41. The molecule has 0 bridgehead atoms. The van der Waals surface area contributed by atoms with Gasteiger partial charge in [0.15, 0.2) is 11.6 Å². The van der Waals surface area contributed by atoms with Gasteiger partial charge in [-0.2, -0.15) is 13.2 Å². The van der Waals surface area contributed by atoms with E-state index in [0.29, 0.717) is 24.4 Å². The van der Waals surface area contributed by atoms with E-state index >= 15 is 0 Å². The van der Waals surface area contributed by atoms with E-state index in [1.807, 2.05) is 13.8 Å². The molecule has 1 fully saturated rings. The average molecular weight is 416 g/mol. The highest BCUT2D eigenvalue weighted by Gasteiger charge is 2.42. The summed E-state index contributed by atoms with van der Waals surface area (Å²) in [4.78, 5) is 26.0. The minimum atomic E-state index is -5.33. The number of tetrazole rings is 1. The number of amides is 1. The van der Waals surface area contributed by atoms with Crippen molar-refractivity contribution in [2.75, 3.05) is 19.6 Å². The van der Waals surface area contributed by atoms with Gasteiger partial charge in [-0.05, 0) is 31.2 Å². The number of benzene rings is 1. The first-order chi connectivity index (χ1) is 13.5. The van der Waals surface area contributed by atoms with Crippen LogP contribution in [0.1, 0.15) is 24.5 Å². The van der Waals surface area contributed by atoms with E-state index in [1.165, 1.54) is 4.90 Å². The second-order valence-electron chi connectivity index (χ2n) is 6.82. The van der Waals surface area contributed by atoms with Gasteiger partial charge < -0.3 is 15.0 Å². The Morgan fingerprint density at radius 3 is 2.66 bits per heavy atom. The van der Waals surface area contributed by atoms with Crippen molar-refractivity contribution >= 4 is 11.9 Å². The van der Waals surface area contributed by atoms with Crippen LogP contribution in [0.2, 0.25) is 0 Å². The molecule has 0 radical (unpaired) electrons. The molecule has 0 aliphatic carbocycles. The number of hydrogen-bond donors (Lipinski definition) is 1. The summed E-state index contributed by atoms with van der Waals surface area (Å²) in [6.45, 7) is 5.15. The molecule has 13 heteroatoms. The van der Waals surface area contributed by atoms with Gasteiger partial charge in [0, 0.05) is 19.6 Å². The number of para-hydroxylation sites is 1. The molecule has 1 aliphatic heterocycles. The maximum absolute atomic E-state index is 14.0. The molecule has 1 saturated heterocycles. The number of nitrogens with zero attached hydrogens (tertiary/aromatic N) is 5. The first-order valence-electron chi connectivity index (χ1n) is 8.41. The Morgan fingerprint density at radius 2 is 2.00 bits per heavy atom. The van der Waals surface area contributed by atoms with E-state index in [-0.39, 0.29) is 5.82 Å². The van der Waals surface area contributed by atoms with Crippen LogP contribution in [-0.2, 0) is 4.79 Å². The Hall–Kier alpha value is -3.09. The van der Waals surface area contributed by atoms with Crippen LogP contribution < -0.4 is 10.1 Å². The lowest BCUT2D eigenvalue weighted by Gasteiger charge is -2.42. The number of alkyl halides is 3. The molecule has 1 N–H and O–H groups in total. The van der Waals surface area contributed by atoms with Gasteiger partial charge in [-0.15, -0.1) is 15.0 Å². The fourth-order valence-corrected chi connectivity index (χ4v) is 2.79. The fourth-order valence-electron chi connectivity index (χ4n) is 2.79. The van der Waals surface area contributed by atoms with Crippen molar-refractivity contribution in [3.63, 3.8) is 0 Å². The van der Waals surface area contributed by atoms with E-state index in [9.17, 15) is 27.2 Å². The normalized spacial score (nSPS) is 16.6. The second kappa shape index (κ2) is 7.39. The van der Waals surface area contributed by atoms with Crippen LogP contribution in [0.25, 0.3) is 5.69 Å². The molecular formula is C16H16F4N6O3.